The average Bonchev–Trinajstić information content (AvgIpc) is 2.22. The molecule has 3 aliphatic rings. The molecule has 0 spiro atoms. The van der Waals surface area contributed by atoms with Gasteiger partial charge in [-0.3, -0.25) is 10.1 Å². The van der Waals surface area contributed by atoms with Crippen LogP contribution in [0.25, 0.3) is 0 Å². The Morgan fingerprint density at radius 1 is 1.25 bits per heavy atom. The second-order valence-electron chi connectivity index (χ2n) is 5.08. The Bertz CT molecular complexity index is 312. The molecule has 0 saturated heterocycles. The predicted octanol–water partition coefficient (Wildman–Crippen LogP) is 1.88. The summed E-state index contributed by atoms with van der Waals surface area (Å²) in [4.78, 5) is 15.5. The molecule has 0 aliphatic heterocycles. The van der Waals surface area contributed by atoms with Gasteiger partial charge in [0, 0.05) is 0 Å². The number of hydrogen-bond donors (Lipinski definition) is 2. The van der Waals surface area contributed by atoms with E-state index in [2.05, 4.69) is 17.9 Å². The molecule has 2 bridgehead atoms. The molecule has 2 N–H and O–H groups in total. The molecule has 1 fully saturated rings. The third kappa shape index (κ3) is 1.57. The lowest BCUT2D eigenvalue weighted by molar-refractivity contribution is -0.261. The second-order valence-corrected chi connectivity index (χ2v) is 5.08. The van der Waals surface area contributed by atoms with Crippen LogP contribution in [0.2, 0.25) is 0 Å². The summed E-state index contributed by atoms with van der Waals surface area (Å²) in [6, 6.07) is 0. The lowest BCUT2D eigenvalue weighted by Gasteiger charge is -2.50. The standard InChI is InChI=1S/C12H18O4/c1-6-8-3-4-9(10(6)5-16-15)11(7(8)2)12(13)14/h3-4,6-11,15H,5H2,1-2H3,(H,13,14). The highest BCUT2D eigenvalue weighted by molar-refractivity contribution is 5.72. The smallest absolute Gasteiger partial charge is 0.307 e. The monoisotopic (exact) mass is 226 g/mol. The van der Waals surface area contributed by atoms with E-state index >= 15 is 0 Å². The first-order chi connectivity index (χ1) is 7.57. The van der Waals surface area contributed by atoms with Crippen molar-refractivity contribution in [2.45, 2.75) is 13.8 Å². The number of fused-ring (bicyclic) bond motifs is 2. The van der Waals surface area contributed by atoms with Crippen LogP contribution in [0.15, 0.2) is 12.2 Å². The molecule has 0 amide bonds. The molecule has 0 aromatic rings. The molecule has 1 saturated carbocycles. The van der Waals surface area contributed by atoms with Crippen LogP contribution in [-0.2, 0) is 9.68 Å². The molecular weight excluding hydrogens is 208 g/mol. The molecular formula is C12H18O4. The highest BCUT2D eigenvalue weighted by Gasteiger charge is 2.50. The molecule has 0 heterocycles. The number of rotatable bonds is 3. The number of allylic oxidation sites excluding steroid dienone is 2. The molecule has 0 radical (unpaired) electrons. The Labute approximate surface area is 94.8 Å². The lowest BCUT2D eigenvalue weighted by atomic mass is 9.54. The van der Waals surface area contributed by atoms with Crippen LogP contribution in [0.1, 0.15) is 13.8 Å². The van der Waals surface area contributed by atoms with Gasteiger partial charge in [0.25, 0.3) is 0 Å². The molecule has 6 unspecified atom stereocenters. The minimum atomic E-state index is -0.735. The van der Waals surface area contributed by atoms with E-state index < -0.39 is 5.97 Å². The molecule has 3 rings (SSSR count). The van der Waals surface area contributed by atoms with Crippen molar-refractivity contribution in [1.82, 2.24) is 0 Å². The van der Waals surface area contributed by atoms with Gasteiger partial charge in [0.05, 0.1) is 12.5 Å². The van der Waals surface area contributed by atoms with Crippen molar-refractivity contribution < 1.29 is 20.0 Å². The summed E-state index contributed by atoms with van der Waals surface area (Å²) >= 11 is 0. The SMILES string of the molecule is CC1C2C=CC(C1COO)C(C(=O)O)C2C. The van der Waals surface area contributed by atoms with Gasteiger partial charge < -0.3 is 5.11 Å². The van der Waals surface area contributed by atoms with Gasteiger partial charge in [0.15, 0.2) is 0 Å². The molecule has 90 valence electrons. The first kappa shape index (κ1) is 11.6. The molecule has 0 aromatic carbocycles. The van der Waals surface area contributed by atoms with E-state index in [1.165, 1.54) is 0 Å². The van der Waals surface area contributed by atoms with Crippen LogP contribution in [0.4, 0.5) is 0 Å². The third-order valence-electron chi connectivity index (χ3n) is 4.47. The zero-order chi connectivity index (χ0) is 11.9. The lowest BCUT2D eigenvalue weighted by Crippen LogP contribution is -2.50. The van der Waals surface area contributed by atoms with Crippen molar-refractivity contribution in [2.75, 3.05) is 6.61 Å². The van der Waals surface area contributed by atoms with Crippen molar-refractivity contribution >= 4 is 5.97 Å². The van der Waals surface area contributed by atoms with Gasteiger partial charge in [-0.2, -0.15) is 0 Å². The van der Waals surface area contributed by atoms with E-state index in [9.17, 15) is 9.90 Å². The Kier molecular flexibility index (Phi) is 3.04. The summed E-state index contributed by atoms with van der Waals surface area (Å²) in [5.74, 6) is -0.165. The largest absolute Gasteiger partial charge is 0.481 e. The molecule has 6 atom stereocenters. The van der Waals surface area contributed by atoms with Crippen molar-refractivity contribution in [3.8, 4) is 0 Å². The van der Waals surface area contributed by atoms with E-state index in [4.69, 9.17) is 5.26 Å². The Balaban J connectivity index is 2.29. The summed E-state index contributed by atoms with van der Waals surface area (Å²) in [5, 5.41) is 17.8. The van der Waals surface area contributed by atoms with Crippen LogP contribution in [0.3, 0.4) is 0 Å². The maximum atomic E-state index is 11.3. The number of hydrogen-bond acceptors (Lipinski definition) is 3. The summed E-state index contributed by atoms with van der Waals surface area (Å²) in [6.07, 6.45) is 4.13. The fraction of sp³-hybridized carbons (Fsp3) is 0.750. The molecule has 0 aromatic heterocycles. The van der Waals surface area contributed by atoms with Gasteiger partial charge in [-0.15, -0.1) is 0 Å². The van der Waals surface area contributed by atoms with Gasteiger partial charge in [-0.1, -0.05) is 26.0 Å². The normalized spacial score (nSPS) is 45.9. The fourth-order valence-corrected chi connectivity index (χ4v) is 3.58. The van der Waals surface area contributed by atoms with Gasteiger partial charge >= 0.3 is 5.97 Å². The summed E-state index contributed by atoms with van der Waals surface area (Å²) < 4.78 is 0. The van der Waals surface area contributed by atoms with Crippen LogP contribution >= 0.6 is 0 Å². The van der Waals surface area contributed by atoms with Crippen LogP contribution in [0.5, 0.6) is 0 Å². The summed E-state index contributed by atoms with van der Waals surface area (Å²) in [7, 11) is 0. The van der Waals surface area contributed by atoms with Crippen LogP contribution in [0, 0.1) is 35.5 Å². The first-order valence-corrected chi connectivity index (χ1v) is 5.75. The zero-order valence-electron chi connectivity index (χ0n) is 9.54. The van der Waals surface area contributed by atoms with Gasteiger partial charge in [0.1, 0.15) is 0 Å². The zero-order valence-corrected chi connectivity index (χ0v) is 9.54. The third-order valence-corrected chi connectivity index (χ3v) is 4.47. The number of carboxylic acid groups (broad SMARTS) is 1. The maximum absolute atomic E-state index is 11.3. The van der Waals surface area contributed by atoms with E-state index in [0.29, 0.717) is 5.92 Å². The molecule has 4 heteroatoms. The van der Waals surface area contributed by atoms with E-state index in [1.54, 1.807) is 0 Å². The van der Waals surface area contributed by atoms with Crippen LogP contribution < -0.4 is 0 Å². The van der Waals surface area contributed by atoms with Crippen molar-refractivity contribution in [3.05, 3.63) is 12.2 Å². The average molecular weight is 226 g/mol. The first-order valence-electron chi connectivity index (χ1n) is 5.75. The topological polar surface area (TPSA) is 66.8 Å². The van der Waals surface area contributed by atoms with Crippen molar-refractivity contribution in [2.24, 2.45) is 35.5 Å². The number of carboxylic acids is 1. The molecule has 3 aliphatic carbocycles. The van der Waals surface area contributed by atoms with Gasteiger partial charge in [-0.05, 0) is 29.6 Å². The second kappa shape index (κ2) is 4.18. The van der Waals surface area contributed by atoms with Gasteiger partial charge in [-0.25, -0.2) is 4.89 Å². The highest BCUT2D eigenvalue weighted by atomic mass is 17.1. The summed E-state index contributed by atoms with van der Waals surface area (Å²) in [5.41, 5.74) is 0. The quantitative estimate of drug-likeness (QED) is 0.438. The Hall–Kier alpha value is -0.870. The Morgan fingerprint density at radius 3 is 2.44 bits per heavy atom. The highest BCUT2D eigenvalue weighted by Crippen LogP contribution is 2.51. The van der Waals surface area contributed by atoms with E-state index in [1.807, 2.05) is 13.0 Å². The maximum Gasteiger partial charge on any atom is 0.307 e. The minimum Gasteiger partial charge on any atom is -0.481 e. The molecule has 4 nitrogen and oxygen atoms in total. The van der Waals surface area contributed by atoms with E-state index in [0.717, 1.165) is 0 Å². The van der Waals surface area contributed by atoms with E-state index in [-0.39, 0.29) is 36.2 Å². The van der Waals surface area contributed by atoms with Gasteiger partial charge in [0.2, 0.25) is 0 Å². The Morgan fingerprint density at radius 2 is 1.88 bits per heavy atom. The number of carbonyl (C=O) groups is 1. The van der Waals surface area contributed by atoms with Crippen molar-refractivity contribution in [1.29, 1.82) is 0 Å². The summed E-state index contributed by atoms with van der Waals surface area (Å²) in [6.45, 7) is 4.34. The molecule has 16 heavy (non-hydrogen) atoms. The van der Waals surface area contributed by atoms with Crippen LogP contribution in [-0.4, -0.2) is 22.9 Å². The van der Waals surface area contributed by atoms with Crippen molar-refractivity contribution in [3.63, 3.8) is 0 Å². The fourth-order valence-electron chi connectivity index (χ4n) is 3.58. The minimum absolute atomic E-state index is 0.0142. The predicted molar refractivity (Wildman–Crippen MR) is 57.6 cm³/mol. The number of aliphatic carboxylic acids is 1.